The fourth-order valence-corrected chi connectivity index (χ4v) is 2.84. The van der Waals surface area contributed by atoms with Crippen molar-refractivity contribution in [2.45, 2.75) is 12.6 Å². The van der Waals surface area contributed by atoms with Crippen molar-refractivity contribution >= 4 is 11.6 Å². The lowest BCUT2D eigenvalue weighted by atomic mass is 10.1. The quantitative estimate of drug-likeness (QED) is 0.550. The summed E-state index contributed by atoms with van der Waals surface area (Å²) in [7, 11) is 0. The fraction of sp³-hybridized carbons (Fsp3) is 0.111. The van der Waals surface area contributed by atoms with Crippen molar-refractivity contribution in [1.29, 1.82) is 0 Å². The molecule has 4 aromatic rings. The first kappa shape index (κ1) is 18.2. The monoisotopic (exact) mass is 404 g/mol. The molecule has 3 heterocycles. The first-order valence-corrected chi connectivity index (χ1v) is 8.52. The number of H-pyrrole nitrogens is 1. The summed E-state index contributed by atoms with van der Waals surface area (Å²) in [4.78, 5) is 4.19. The molecule has 0 saturated heterocycles. The number of rotatable bonds is 4. The van der Waals surface area contributed by atoms with E-state index in [9.17, 15) is 13.2 Å². The van der Waals surface area contributed by atoms with Gasteiger partial charge in [0.2, 0.25) is 0 Å². The molecule has 0 fully saturated rings. The summed E-state index contributed by atoms with van der Waals surface area (Å²) in [6.45, 7) is 0. The summed E-state index contributed by atoms with van der Waals surface area (Å²) >= 11 is 5.88. The summed E-state index contributed by atoms with van der Waals surface area (Å²) in [5.41, 5.74) is 0.694. The van der Waals surface area contributed by atoms with Gasteiger partial charge in [0.05, 0.1) is 5.69 Å². The van der Waals surface area contributed by atoms with Crippen molar-refractivity contribution in [3.63, 3.8) is 0 Å². The third kappa shape index (κ3) is 3.74. The van der Waals surface area contributed by atoms with Crippen molar-refractivity contribution in [2.75, 3.05) is 0 Å². The molecule has 4 rings (SSSR count). The Balaban J connectivity index is 1.61. The van der Waals surface area contributed by atoms with Crippen LogP contribution in [0, 0.1) is 0 Å². The smallest absolute Gasteiger partial charge is 0.237 e. The molecule has 0 atom stereocenters. The van der Waals surface area contributed by atoms with Crippen LogP contribution in [0.4, 0.5) is 13.2 Å². The molecule has 0 unspecified atom stereocenters. The number of hydrogen-bond acceptors (Lipinski definition) is 4. The third-order valence-electron chi connectivity index (χ3n) is 4.01. The van der Waals surface area contributed by atoms with Gasteiger partial charge in [0.25, 0.3) is 0 Å². The predicted octanol–water partition coefficient (Wildman–Crippen LogP) is 4.32. The number of aromatic amines is 1. The van der Waals surface area contributed by atoms with Gasteiger partial charge in [-0.2, -0.15) is 33.7 Å². The molecule has 3 aromatic heterocycles. The summed E-state index contributed by atoms with van der Waals surface area (Å²) < 4.78 is 40.7. The zero-order valence-electron chi connectivity index (χ0n) is 14.2. The molecule has 142 valence electrons. The minimum atomic E-state index is -4.61. The molecule has 0 radical (unpaired) electrons. The predicted molar refractivity (Wildman–Crippen MR) is 96.0 cm³/mol. The lowest BCUT2D eigenvalue weighted by molar-refractivity contribution is -0.140. The minimum absolute atomic E-state index is 0.237. The van der Waals surface area contributed by atoms with E-state index in [0.717, 1.165) is 11.3 Å². The number of halogens is 4. The van der Waals surface area contributed by atoms with Gasteiger partial charge in [-0.25, -0.2) is 9.67 Å². The molecule has 0 bridgehead atoms. The van der Waals surface area contributed by atoms with Gasteiger partial charge in [0, 0.05) is 29.4 Å². The van der Waals surface area contributed by atoms with Gasteiger partial charge in [-0.3, -0.25) is 0 Å². The highest BCUT2D eigenvalue weighted by molar-refractivity contribution is 6.30. The Kier molecular flexibility index (Phi) is 4.60. The zero-order chi connectivity index (χ0) is 19.7. The van der Waals surface area contributed by atoms with Crippen LogP contribution in [0.15, 0.2) is 54.9 Å². The SMILES string of the molecule is FC(F)(F)c1n[nH]nc1-c1ccnc(-n2ccc(Cc3ccc(Cl)cc3)n2)c1. The molecular weight excluding hydrogens is 393 g/mol. The molecule has 0 aliphatic heterocycles. The number of nitrogens with zero attached hydrogens (tertiary/aromatic N) is 5. The second-order valence-electron chi connectivity index (χ2n) is 5.98. The number of aromatic nitrogens is 6. The van der Waals surface area contributed by atoms with E-state index in [4.69, 9.17) is 11.6 Å². The van der Waals surface area contributed by atoms with Crippen LogP contribution in [-0.2, 0) is 12.6 Å². The van der Waals surface area contributed by atoms with Crippen LogP contribution in [0.3, 0.4) is 0 Å². The third-order valence-corrected chi connectivity index (χ3v) is 4.26. The second-order valence-corrected chi connectivity index (χ2v) is 6.41. The van der Waals surface area contributed by atoms with Crippen LogP contribution in [0.5, 0.6) is 0 Å². The average Bonchev–Trinajstić information content (AvgIpc) is 3.33. The van der Waals surface area contributed by atoms with E-state index in [-0.39, 0.29) is 11.3 Å². The molecule has 28 heavy (non-hydrogen) atoms. The lowest BCUT2D eigenvalue weighted by Crippen LogP contribution is -2.08. The summed E-state index contributed by atoms with van der Waals surface area (Å²) in [5, 5.41) is 14.0. The van der Waals surface area contributed by atoms with Crippen LogP contribution < -0.4 is 0 Å². The molecule has 0 spiro atoms. The minimum Gasteiger partial charge on any atom is -0.237 e. The van der Waals surface area contributed by atoms with Crippen molar-refractivity contribution in [1.82, 2.24) is 30.2 Å². The molecule has 0 aliphatic rings. The maximum Gasteiger partial charge on any atom is 0.437 e. The largest absolute Gasteiger partial charge is 0.437 e. The van der Waals surface area contributed by atoms with Gasteiger partial charge in [-0.05, 0) is 35.9 Å². The van der Waals surface area contributed by atoms with E-state index in [1.165, 1.54) is 23.0 Å². The second kappa shape index (κ2) is 7.08. The standard InChI is InChI=1S/C18H12ClF3N6/c19-13-3-1-11(2-4-13)9-14-6-8-28(26-14)15-10-12(5-7-23-15)16-17(18(20,21)22)25-27-24-16/h1-8,10H,9H2,(H,24,25,27). The Labute approximate surface area is 162 Å². The van der Waals surface area contributed by atoms with Gasteiger partial charge in [0.15, 0.2) is 11.5 Å². The van der Waals surface area contributed by atoms with E-state index >= 15 is 0 Å². The van der Waals surface area contributed by atoms with Crippen LogP contribution in [-0.4, -0.2) is 30.2 Å². The van der Waals surface area contributed by atoms with Gasteiger partial charge in [-0.15, -0.1) is 0 Å². The molecule has 1 aromatic carbocycles. The van der Waals surface area contributed by atoms with Gasteiger partial charge >= 0.3 is 6.18 Å². The maximum atomic E-state index is 13.1. The van der Waals surface area contributed by atoms with Crippen LogP contribution in [0.1, 0.15) is 17.0 Å². The van der Waals surface area contributed by atoms with Crippen LogP contribution in [0.2, 0.25) is 5.02 Å². The van der Waals surface area contributed by atoms with Crippen molar-refractivity contribution in [3.05, 3.63) is 76.8 Å². The van der Waals surface area contributed by atoms with Crippen LogP contribution in [0.25, 0.3) is 17.1 Å². The van der Waals surface area contributed by atoms with Gasteiger partial charge < -0.3 is 0 Å². The number of nitrogens with one attached hydrogen (secondary N) is 1. The molecule has 0 aliphatic carbocycles. The Morgan fingerprint density at radius 1 is 1.04 bits per heavy atom. The van der Waals surface area contributed by atoms with E-state index in [0.29, 0.717) is 17.3 Å². The summed E-state index contributed by atoms with van der Waals surface area (Å²) in [6.07, 6.45) is -0.917. The molecule has 6 nitrogen and oxygen atoms in total. The van der Waals surface area contributed by atoms with Gasteiger partial charge in [-0.1, -0.05) is 23.7 Å². The zero-order valence-corrected chi connectivity index (χ0v) is 14.9. The van der Waals surface area contributed by atoms with E-state index in [2.05, 4.69) is 20.3 Å². The molecule has 0 saturated carbocycles. The maximum absolute atomic E-state index is 13.1. The van der Waals surface area contributed by atoms with Crippen molar-refractivity contribution < 1.29 is 13.2 Å². The van der Waals surface area contributed by atoms with Crippen molar-refractivity contribution in [2.24, 2.45) is 0 Å². The Hall–Kier alpha value is -3.20. The van der Waals surface area contributed by atoms with E-state index < -0.39 is 11.9 Å². The molecule has 1 N–H and O–H groups in total. The lowest BCUT2D eigenvalue weighted by Gasteiger charge is -2.06. The highest BCUT2D eigenvalue weighted by Gasteiger charge is 2.38. The summed E-state index contributed by atoms with van der Waals surface area (Å²) in [6, 6.07) is 12.2. The Morgan fingerprint density at radius 3 is 2.57 bits per heavy atom. The van der Waals surface area contributed by atoms with Crippen molar-refractivity contribution in [3.8, 4) is 17.1 Å². The first-order valence-electron chi connectivity index (χ1n) is 8.14. The fourth-order valence-electron chi connectivity index (χ4n) is 2.72. The highest BCUT2D eigenvalue weighted by Crippen LogP contribution is 2.34. The summed E-state index contributed by atoms with van der Waals surface area (Å²) in [5.74, 6) is 0.371. The molecule has 10 heteroatoms. The van der Waals surface area contributed by atoms with Gasteiger partial charge in [0.1, 0.15) is 5.69 Å². The van der Waals surface area contributed by atoms with E-state index in [1.807, 2.05) is 23.4 Å². The Bertz CT molecular complexity index is 1100. The highest BCUT2D eigenvalue weighted by atomic mass is 35.5. The normalized spacial score (nSPS) is 11.7. The molecular formula is C18H12ClF3N6. The average molecular weight is 405 g/mol. The Morgan fingerprint density at radius 2 is 1.82 bits per heavy atom. The van der Waals surface area contributed by atoms with E-state index in [1.54, 1.807) is 18.3 Å². The number of hydrogen-bond donors (Lipinski definition) is 1. The first-order chi connectivity index (χ1) is 13.4. The topological polar surface area (TPSA) is 72.3 Å². The molecule has 0 amide bonds. The number of pyridine rings is 1. The van der Waals surface area contributed by atoms with Crippen LogP contribution >= 0.6 is 11.6 Å². The number of alkyl halides is 3. The number of benzene rings is 1.